The van der Waals surface area contributed by atoms with Gasteiger partial charge < -0.3 is 0 Å². The van der Waals surface area contributed by atoms with Crippen LogP contribution in [-0.4, -0.2) is 6.29 Å². The Morgan fingerprint density at radius 3 is 2.53 bits per heavy atom. The molecular weight excluding hydrogens is 184 g/mol. The third-order valence-corrected chi connectivity index (χ3v) is 4.57. The molecule has 15 heavy (non-hydrogen) atoms. The third kappa shape index (κ3) is 2.50. The molecule has 0 radical (unpaired) electrons. The summed E-state index contributed by atoms with van der Waals surface area (Å²) in [5.41, 5.74) is 1.17. The molecule has 1 heteroatoms. The van der Waals surface area contributed by atoms with Crippen LogP contribution in [0.25, 0.3) is 0 Å². The van der Waals surface area contributed by atoms with Gasteiger partial charge in [0.25, 0.3) is 0 Å². The van der Waals surface area contributed by atoms with Crippen molar-refractivity contribution >= 4 is 6.29 Å². The van der Waals surface area contributed by atoms with E-state index in [0.717, 1.165) is 30.1 Å². The predicted octanol–water partition coefficient (Wildman–Crippen LogP) is 3.84. The normalized spacial score (nSPS) is 31.2. The van der Waals surface area contributed by atoms with E-state index in [0.29, 0.717) is 11.3 Å². The molecule has 0 heterocycles. The smallest absolute Gasteiger partial charge is 0.145 e. The Morgan fingerprint density at radius 1 is 1.53 bits per heavy atom. The van der Waals surface area contributed by atoms with E-state index in [-0.39, 0.29) is 0 Å². The summed E-state index contributed by atoms with van der Waals surface area (Å²) >= 11 is 0. The summed E-state index contributed by atoms with van der Waals surface area (Å²) in [6.07, 6.45) is 4.41. The fraction of sp³-hybridized carbons (Fsp3) is 0.786. The maximum Gasteiger partial charge on any atom is 0.145 e. The Balaban J connectivity index is 2.64. The van der Waals surface area contributed by atoms with Gasteiger partial charge in [0, 0.05) is 0 Å². The van der Waals surface area contributed by atoms with Crippen molar-refractivity contribution in [2.24, 2.45) is 23.2 Å². The molecule has 1 rings (SSSR count). The van der Waals surface area contributed by atoms with E-state index >= 15 is 0 Å². The Morgan fingerprint density at radius 2 is 2.13 bits per heavy atom. The van der Waals surface area contributed by atoms with Crippen LogP contribution >= 0.6 is 0 Å². The molecule has 0 amide bonds. The summed E-state index contributed by atoms with van der Waals surface area (Å²) in [5.74, 6) is 2.13. The minimum atomic E-state index is 0.419. The maximum absolute atomic E-state index is 10.6. The molecule has 1 fully saturated rings. The van der Waals surface area contributed by atoms with Crippen LogP contribution in [0.4, 0.5) is 0 Å². The van der Waals surface area contributed by atoms with Gasteiger partial charge in [-0.3, -0.25) is 4.79 Å². The zero-order valence-electron chi connectivity index (χ0n) is 10.5. The Kier molecular flexibility index (Phi) is 3.75. The van der Waals surface area contributed by atoms with Crippen LogP contribution in [0.15, 0.2) is 12.2 Å². The number of hydrogen-bond acceptors (Lipinski definition) is 1. The molecule has 0 aromatic rings. The van der Waals surface area contributed by atoms with Crippen LogP contribution in [0.5, 0.6) is 0 Å². The van der Waals surface area contributed by atoms with Crippen LogP contribution in [0, 0.1) is 23.2 Å². The van der Waals surface area contributed by atoms with E-state index in [2.05, 4.69) is 34.3 Å². The standard InChI is InChI=1S/C14H24O/c1-10(9-15)8-11(2)13-7-6-12(3)14(13,4)5/h9,11-13H,1,6-8H2,2-5H3. The first-order chi connectivity index (χ1) is 6.89. The second-order valence-corrected chi connectivity index (χ2v) is 5.86. The van der Waals surface area contributed by atoms with E-state index in [1.807, 2.05) is 0 Å². The summed E-state index contributed by atoms with van der Waals surface area (Å²) in [7, 11) is 0. The molecule has 0 aliphatic heterocycles. The second kappa shape index (κ2) is 4.51. The first kappa shape index (κ1) is 12.5. The van der Waals surface area contributed by atoms with E-state index in [1.165, 1.54) is 12.8 Å². The van der Waals surface area contributed by atoms with Crippen LogP contribution < -0.4 is 0 Å². The van der Waals surface area contributed by atoms with Crippen molar-refractivity contribution in [2.75, 3.05) is 0 Å². The minimum Gasteiger partial charge on any atom is -0.298 e. The summed E-state index contributed by atoms with van der Waals surface area (Å²) in [4.78, 5) is 10.6. The number of aldehydes is 1. The summed E-state index contributed by atoms with van der Waals surface area (Å²) in [6.45, 7) is 13.1. The molecule has 3 unspecified atom stereocenters. The first-order valence-corrected chi connectivity index (χ1v) is 6.02. The summed E-state index contributed by atoms with van der Waals surface area (Å²) < 4.78 is 0. The molecule has 0 aromatic carbocycles. The molecule has 1 aliphatic rings. The summed E-state index contributed by atoms with van der Waals surface area (Å²) in [5, 5.41) is 0. The van der Waals surface area contributed by atoms with Crippen molar-refractivity contribution in [3.8, 4) is 0 Å². The summed E-state index contributed by atoms with van der Waals surface area (Å²) in [6, 6.07) is 0. The zero-order valence-corrected chi connectivity index (χ0v) is 10.5. The molecule has 1 aliphatic carbocycles. The van der Waals surface area contributed by atoms with E-state index < -0.39 is 0 Å². The lowest BCUT2D eigenvalue weighted by Gasteiger charge is -2.35. The SMILES string of the molecule is C=C(C=O)CC(C)C1CCC(C)C1(C)C. The van der Waals surface area contributed by atoms with Crippen LogP contribution in [0.3, 0.4) is 0 Å². The monoisotopic (exact) mass is 208 g/mol. The number of carbonyl (C=O) groups is 1. The van der Waals surface area contributed by atoms with Crippen molar-refractivity contribution in [3.05, 3.63) is 12.2 Å². The quantitative estimate of drug-likeness (QED) is 0.507. The fourth-order valence-corrected chi connectivity index (χ4v) is 3.16. The highest BCUT2D eigenvalue weighted by Gasteiger charge is 2.42. The lowest BCUT2D eigenvalue weighted by atomic mass is 9.70. The highest BCUT2D eigenvalue weighted by molar-refractivity contribution is 5.71. The molecule has 3 atom stereocenters. The van der Waals surface area contributed by atoms with Gasteiger partial charge in [-0.1, -0.05) is 34.3 Å². The highest BCUT2D eigenvalue weighted by atomic mass is 16.1. The molecule has 0 bridgehead atoms. The van der Waals surface area contributed by atoms with Gasteiger partial charge in [-0.25, -0.2) is 0 Å². The first-order valence-electron chi connectivity index (χ1n) is 6.02. The average Bonchev–Trinajstić information content (AvgIpc) is 2.41. The van der Waals surface area contributed by atoms with Gasteiger partial charge in [0.15, 0.2) is 0 Å². The van der Waals surface area contributed by atoms with E-state index in [1.54, 1.807) is 0 Å². The van der Waals surface area contributed by atoms with Gasteiger partial charge in [0.1, 0.15) is 6.29 Å². The fourth-order valence-electron chi connectivity index (χ4n) is 3.16. The van der Waals surface area contributed by atoms with Gasteiger partial charge in [0.05, 0.1) is 0 Å². The van der Waals surface area contributed by atoms with Crippen molar-refractivity contribution in [2.45, 2.75) is 47.0 Å². The molecule has 1 saturated carbocycles. The molecule has 0 spiro atoms. The van der Waals surface area contributed by atoms with Gasteiger partial charge in [-0.15, -0.1) is 0 Å². The van der Waals surface area contributed by atoms with Gasteiger partial charge in [-0.05, 0) is 48.0 Å². The van der Waals surface area contributed by atoms with E-state index in [9.17, 15) is 4.79 Å². The van der Waals surface area contributed by atoms with Gasteiger partial charge in [-0.2, -0.15) is 0 Å². The molecule has 0 aromatic heterocycles. The van der Waals surface area contributed by atoms with Crippen molar-refractivity contribution < 1.29 is 4.79 Å². The minimum absolute atomic E-state index is 0.419. The lowest BCUT2D eigenvalue weighted by Crippen LogP contribution is -2.28. The Labute approximate surface area is 93.9 Å². The molecule has 0 saturated heterocycles. The molecule has 0 N–H and O–H groups in total. The zero-order chi connectivity index (χ0) is 11.6. The van der Waals surface area contributed by atoms with Crippen molar-refractivity contribution in [1.29, 1.82) is 0 Å². The lowest BCUT2D eigenvalue weighted by molar-refractivity contribution is -0.105. The second-order valence-electron chi connectivity index (χ2n) is 5.86. The molecule has 86 valence electrons. The van der Waals surface area contributed by atoms with Crippen molar-refractivity contribution in [1.82, 2.24) is 0 Å². The predicted molar refractivity (Wildman–Crippen MR) is 64.7 cm³/mol. The van der Waals surface area contributed by atoms with Crippen molar-refractivity contribution in [3.63, 3.8) is 0 Å². The van der Waals surface area contributed by atoms with Gasteiger partial charge >= 0.3 is 0 Å². The third-order valence-electron chi connectivity index (χ3n) is 4.57. The Bertz CT molecular complexity index is 252. The van der Waals surface area contributed by atoms with Crippen LogP contribution in [0.2, 0.25) is 0 Å². The Hall–Kier alpha value is -0.590. The number of rotatable bonds is 4. The van der Waals surface area contributed by atoms with E-state index in [4.69, 9.17) is 0 Å². The molecule has 1 nitrogen and oxygen atoms in total. The topological polar surface area (TPSA) is 17.1 Å². The maximum atomic E-state index is 10.6. The van der Waals surface area contributed by atoms with Gasteiger partial charge in [0.2, 0.25) is 0 Å². The van der Waals surface area contributed by atoms with Crippen LogP contribution in [-0.2, 0) is 4.79 Å². The molecular formula is C14H24O. The average molecular weight is 208 g/mol. The largest absolute Gasteiger partial charge is 0.298 e. The number of allylic oxidation sites excluding steroid dienone is 1. The number of hydrogen-bond donors (Lipinski definition) is 0. The highest BCUT2D eigenvalue weighted by Crippen LogP contribution is 2.51. The number of carbonyl (C=O) groups excluding carboxylic acids is 1. The van der Waals surface area contributed by atoms with Crippen LogP contribution in [0.1, 0.15) is 47.0 Å².